The van der Waals surface area contributed by atoms with Gasteiger partial charge in [-0.2, -0.15) is 0 Å². The average Bonchev–Trinajstić information content (AvgIpc) is 2.75. The first kappa shape index (κ1) is 9.61. The highest BCUT2D eigenvalue weighted by Crippen LogP contribution is 2.14. The molecule has 0 aliphatic carbocycles. The summed E-state index contributed by atoms with van der Waals surface area (Å²) in [7, 11) is 0. The standard InChI is InChI=1S/C9H13N3OS/c10-8(13)9-11-7(6-14-9)5-12-3-1-2-4-12/h6H,1-5H2,(H2,10,13). The zero-order chi connectivity index (χ0) is 9.97. The predicted molar refractivity (Wildman–Crippen MR) is 55.1 cm³/mol. The van der Waals surface area contributed by atoms with Gasteiger partial charge in [-0.15, -0.1) is 11.3 Å². The molecule has 4 nitrogen and oxygen atoms in total. The largest absolute Gasteiger partial charge is 0.364 e. The van der Waals surface area contributed by atoms with Crippen molar-refractivity contribution in [2.45, 2.75) is 19.4 Å². The number of amides is 1. The normalized spacial score (nSPS) is 17.4. The van der Waals surface area contributed by atoms with Crippen LogP contribution in [0.2, 0.25) is 0 Å². The summed E-state index contributed by atoms with van der Waals surface area (Å²) in [5.41, 5.74) is 6.09. The van der Waals surface area contributed by atoms with Crippen LogP contribution >= 0.6 is 11.3 Å². The molecule has 0 aromatic carbocycles. The molecular weight excluding hydrogens is 198 g/mol. The zero-order valence-electron chi connectivity index (χ0n) is 7.90. The summed E-state index contributed by atoms with van der Waals surface area (Å²) in [5, 5.41) is 2.33. The first-order valence-electron chi connectivity index (χ1n) is 4.72. The summed E-state index contributed by atoms with van der Waals surface area (Å²) < 4.78 is 0. The van der Waals surface area contributed by atoms with Crippen LogP contribution in [0.3, 0.4) is 0 Å². The molecule has 2 rings (SSSR count). The quantitative estimate of drug-likeness (QED) is 0.806. The van der Waals surface area contributed by atoms with Crippen LogP contribution in [0.1, 0.15) is 28.3 Å². The van der Waals surface area contributed by atoms with E-state index in [-0.39, 0.29) is 0 Å². The van der Waals surface area contributed by atoms with Crippen molar-refractivity contribution < 1.29 is 4.79 Å². The summed E-state index contributed by atoms with van der Waals surface area (Å²) in [6.07, 6.45) is 2.54. The molecule has 1 fully saturated rings. The molecule has 1 aliphatic rings. The molecule has 0 radical (unpaired) electrons. The monoisotopic (exact) mass is 211 g/mol. The molecule has 1 saturated heterocycles. The van der Waals surface area contributed by atoms with Crippen LogP contribution in [0, 0.1) is 0 Å². The van der Waals surface area contributed by atoms with Gasteiger partial charge in [0, 0.05) is 11.9 Å². The second-order valence-corrected chi connectivity index (χ2v) is 4.35. The number of likely N-dealkylation sites (tertiary alicyclic amines) is 1. The lowest BCUT2D eigenvalue weighted by Gasteiger charge is -2.11. The third-order valence-corrected chi connectivity index (χ3v) is 3.25. The first-order chi connectivity index (χ1) is 6.75. The van der Waals surface area contributed by atoms with Crippen molar-refractivity contribution in [2.75, 3.05) is 13.1 Å². The third-order valence-electron chi connectivity index (χ3n) is 2.35. The van der Waals surface area contributed by atoms with Crippen LogP contribution in [0.5, 0.6) is 0 Å². The van der Waals surface area contributed by atoms with Crippen LogP contribution in [0.15, 0.2) is 5.38 Å². The van der Waals surface area contributed by atoms with E-state index >= 15 is 0 Å². The topological polar surface area (TPSA) is 59.2 Å². The molecule has 2 N–H and O–H groups in total. The van der Waals surface area contributed by atoms with Crippen molar-refractivity contribution in [2.24, 2.45) is 5.73 Å². The number of carbonyl (C=O) groups is 1. The van der Waals surface area contributed by atoms with Crippen LogP contribution in [-0.2, 0) is 6.54 Å². The molecule has 1 aromatic rings. The Bertz CT molecular complexity index is 331. The second-order valence-electron chi connectivity index (χ2n) is 3.49. The maximum Gasteiger partial charge on any atom is 0.277 e. The lowest BCUT2D eigenvalue weighted by atomic mass is 10.4. The van der Waals surface area contributed by atoms with Gasteiger partial charge in [0.05, 0.1) is 5.69 Å². The summed E-state index contributed by atoms with van der Waals surface area (Å²) in [6.45, 7) is 3.14. The van der Waals surface area contributed by atoms with Gasteiger partial charge < -0.3 is 5.73 Å². The zero-order valence-corrected chi connectivity index (χ0v) is 8.72. The van der Waals surface area contributed by atoms with Crippen molar-refractivity contribution >= 4 is 17.2 Å². The molecule has 76 valence electrons. The molecule has 0 bridgehead atoms. The smallest absolute Gasteiger partial charge is 0.277 e. The second kappa shape index (κ2) is 4.06. The number of carbonyl (C=O) groups excluding carboxylic acids is 1. The van der Waals surface area contributed by atoms with Crippen LogP contribution in [-0.4, -0.2) is 28.9 Å². The minimum atomic E-state index is -0.428. The summed E-state index contributed by atoms with van der Waals surface area (Å²) in [6, 6.07) is 0. The number of primary amides is 1. The number of nitrogens with zero attached hydrogens (tertiary/aromatic N) is 2. The Morgan fingerprint density at radius 3 is 2.86 bits per heavy atom. The van der Waals surface area contributed by atoms with Gasteiger partial charge in [-0.05, 0) is 25.9 Å². The lowest BCUT2D eigenvalue weighted by Crippen LogP contribution is -2.19. The van der Waals surface area contributed by atoms with E-state index in [1.54, 1.807) is 0 Å². The van der Waals surface area contributed by atoms with Gasteiger partial charge in [-0.25, -0.2) is 4.98 Å². The number of nitrogens with two attached hydrogens (primary N) is 1. The summed E-state index contributed by atoms with van der Waals surface area (Å²) >= 11 is 1.33. The SMILES string of the molecule is NC(=O)c1nc(CN2CCCC2)cs1. The van der Waals surface area contributed by atoms with Gasteiger partial charge in [0.1, 0.15) is 0 Å². The van der Waals surface area contributed by atoms with E-state index in [0.29, 0.717) is 5.01 Å². The van der Waals surface area contributed by atoms with Crippen molar-refractivity contribution in [3.8, 4) is 0 Å². The molecule has 1 amide bonds. The number of hydrogen-bond acceptors (Lipinski definition) is 4. The van der Waals surface area contributed by atoms with Crippen molar-refractivity contribution in [3.05, 3.63) is 16.1 Å². The fourth-order valence-corrected chi connectivity index (χ4v) is 2.32. The maximum atomic E-state index is 10.8. The van der Waals surface area contributed by atoms with E-state index in [1.165, 1.54) is 24.2 Å². The summed E-state index contributed by atoms with van der Waals surface area (Å²) in [5.74, 6) is -0.428. The van der Waals surface area contributed by atoms with E-state index in [4.69, 9.17) is 5.73 Å². The summed E-state index contributed by atoms with van der Waals surface area (Å²) in [4.78, 5) is 17.3. The molecule has 0 unspecified atom stereocenters. The Hall–Kier alpha value is -0.940. The third kappa shape index (κ3) is 2.10. The van der Waals surface area contributed by atoms with Crippen molar-refractivity contribution in [3.63, 3.8) is 0 Å². The van der Waals surface area contributed by atoms with E-state index in [2.05, 4.69) is 9.88 Å². The number of thiazole rings is 1. The van der Waals surface area contributed by atoms with Crippen LogP contribution in [0.4, 0.5) is 0 Å². The van der Waals surface area contributed by atoms with Crippen LogP contribution in [0.25, 0.3) is 0 Å². The number of hydrogen-bond donors (Lipinski definition) is 1. The fourth-order valence-electron chi connectivity index (χ4n) is 1.66. The van der Waals surface area contributed by atoms with E-state index in [9.17, 15) is 4.79 Å². The molecule has 0 saturated carbocycles. The minimum Gasteiger partial charge on any atom is -0.364 e. The number of rotatable bonds is 3. The van der Waals surface area contributed by atoms with Gasteiger partial charge in [0.2, 0.25) is 0 Å². The first-order valence-corrected chi connectivity index (χ1v) is 5.60. The van der Waals surface area contributed by atoms with E-state index < -0.39 is 5.91 Å². The Labute approximate surface area is 86.7 Å². The molecule has 1 aromatic heterocycles. The highest BCUT2D eigenvalue weighted by Gasteiger charge is 2.14. The minimum absolute atomic E-state index is 0.416. The number of aromatic nitrogens is 1. The Balaban J connectivity index is 1.98. The fraction of sp³-hybridized carbons (Fsp3) is 0.556. The average molecular weight is 211 g/mol. The van der Waals surface area contributed by atoms with E-state index in [1.807, 2.05) is 5.38 Å². The predicted octanol–water partition coefficient (Wildman–Crippen LogP) is 0.838. The van der Waals surface area contributed by atoms with Crippen LogP contribution < -0.4 is 5.73 Å². The van der Waals surface area contributed by atoms with Gasteiger partial charge in [0.15, 0.2) is 5.01 Å². The molecule has 14 heavy (non-hydrogen) atoms. The molecule has 2 heterocycles. The van der Waals surface area contributed by atoms with Gasteiger partial charge in [-0.3, -0.25) is 9.69 Å². The highest BCUT2D eigenvalue weighted by atomic mass is 32.1. The van der Waals surface area contributed by atoms with Gasteiger partial charge in [0.25, 0.3) is 5.91 Å². The molecule has 0 spiro atoms. The van der Waals surface area contributed by atoms with Crippen molar-refractivity contribution in [1.82, 2.24) is 9.88 Å². The Kier molecular flexibility index (Phi) is 2.79. The van der Waals surface area contributed by atoms with E-state index in [0.717, 1.165) is 25.3 Å². The molecule has 5 heteroatoms. The maximum absolute atomic E-state index is 10.8. The van der Waals surface area contributed by atoms with Crippen molar-refractivity contribution in [1.29, 1.82) is 0 Å². The van der Waals surface area contributed by atoms with Gasteiger partial charge in [-0.1, -0.05) is 0 Å². The Morgan fingerprint density at radius 1 is 1.57 bits per heavy atom. The Morgan fingerprint density at radius 2 is 2.29 bits per heavy atom. The lowest BCUT2D eigenvalue weighted by molar-refractivity contribution is 0.0999. The molecule has 0 atom stereocenters. The van der Waals surface area contributed by atoms with Gasteiger partial charge >= 0.3 is 0 Å². The molecule has 1 aliphatic heterocycles. The molecular formula is C9H13N3OS. The highest BCUT2D eigenvalue weighted by molar-refractivity contribution is 7.11.